The van der Waals surface area contributed by atoms with Gasteiger partial charge >= 0.3 is 0 Å². The number of hydrogen-bond donors (Lipinski definition) is 1. The number of aryl methyl sites for hydroxylation is 2. The molecule has 0 bridgehead atoms. The van der Waals surface area contributed by atoms with Gasteiger partial charge in [0, 0.05) is 6.20 Å². The molecule has 2 rings (SSSR count). The quantitative estimate of drug-likeness (QED) is 0.737. The van der Waals surface area contributed by atoms with Gasteiger partial charge in [-0.25, -0.2) is 4.68 Å². The molecule has 0 aliphatic rings. The van der Waals surface area contributed by atoms with Gasteiger partial charge < -0.3 is 5.73 Å². The van der Waals surface area contributed by atoms with Crippen LogP contribution < -0.4 is 5.73 Å². The largest absolute Gasteiger partial charge is 0.396 e. The fourth-order valence-electron chi connectivity index (χ4n) is 1.29. The van der Waals surface area contributed by atoms with E-state index >= 15 is 0 Å². The number of nitrogen functional groups attached to an aromatic ring is 1. The van der Waals surface area contributed by atoms with Crippen molar-refractivity contribution in [2.24, 2.45) is 0 Å². The van der Waals surface area contributed by atoms with Gasteiger partial charge in [0.25, 0.3) is 0 Å². The standard InChI is InChI=1S/C10H12N4/c1-7-3-4-12-5-10(7)14-6-9(11)8(2)13-14/h3-6H,11H2,1-2H3. The van der Waals surface area contributed by atoms with Gasteiger partial charge in [-0.2, -0.15) is 5.10 Å². The molecule has 0 fully saturated rings. The number of aromatic nitrogens is 3. The Morgan fingerprint density at radius 2 is 2.14 bits per heavy atom. The lowest BCUT2D eigenvalue weighted by molar-refractivity contribution is 0.849. The Balaban J connectivity index is 2.55. The van der Waals surface area contributed by atoms with E-state index in [1.54, 1.807) is 23.3 Å². The average Bonchev–Trinajstić information content (AvgIpc) is 2.48. The maximum Gasteiger partial charge on any atom is 0.0858 e. The smallest absolute Gasteiger partial charge is 0.0858 e. The van der Waals surface area contributed by atoms with Crippen LogP contribution >= 0.6 is 0 Å². The maximum atomic E-state index is 5.72. The molecule has 72 valence electrons. The number of hydrogen-bond acceptors (Lipinski definition) is 3. The van der Waals surface area contributed by atoms with Gasteiger partial charge in [-0.15, -0.1) is 0 Å². The van der Waals surface area contributed by atoms with Crippen molar-refractivity contribution in [3.8, 4) is 5.69 Å². The summed E-state index contributed by atoms with van der Waals surface area (Å²) in [6, 6.07) is 1.95. The van der Waals surface area contributed by atoms with Crippen LogP contribution in [0.1, 0.15) is 11.3 Å². The van der Waals surface area contributed by atoms with Crippen LogP contribution in [-0.4, -0.2) is 14.8 Å². The molecule has 0 saturated carbocycles. The molecule has 2 aromatic heterocycles. The van der Waals surface area contributed by atoms with E-state index in [1.807, 2.05) is 19.9 Å². The van der Waals surface area contributed by atoms with Gasteiger partial charge in [0.2, 0.25) is 0 Å². The van der Waals surface area contributed by atoms with Gasteiger partial charge in [-0.05, 0) is 25.5 Å². The summed E-state index contributed by atoms with van der Waals surface area (Å²) >= 11 is 0. The highest BCUT2D eigenvalue weighted by molar-refractivity contribution is 5.45. The molecule has 0 atom stereocenters. The van der Waals surface area contributed by atoms with Crippen LogP contribution in [0, 0.1) is 13.8 Å². The molecule has 0 aromatic carbocycles. The molecule has 0 aliphatic heterocycles. The highest BCUT2D eigenvalue weighted by Gasteiger charge is 2.04. The average molecular weight is 188 g/mol. The molecule has 0 saturated heterocycles. The fourth-order valence-corrected chi connectivity index (χ4v) is 1.29. The van der Waals surface area contributed by atoms with Crippen LogP contribution in [-0.2, 0) is 0 Å². The third kappa shape index (κ3) is 1.35. The zero-order chi connectivity index (χ0) is 10.1. The molecule has 4 nitrogen and oxygen atoms in total. The monoisotopic (exact) mass is 188 g/mol. The Morgan fingerprint density at radius 3 is 2.71 bits per heavy atom. The highest BCUT2D eigenvalue weighted by atomic mass is 15.3. The highest BCUT2D eigenvalue weighted by Crippen LogP contribution is 2.15. The second kappa shape index (κ2) is 3.14. The van der Waals surface area contributed by atoms with E-state index in [0.29, 0.717) is 5.69 Å². The number of anilines is 1. The van der Waals surface area contributed by atoms with Gasteiger partial charge in [0.05, 0.1) is 29.5 Å². The van der Waals surface area contributed by atoms with Crippen molar-refractivity contribution in [2.45, 2.75) is 13.8 Å². The van der Waals surface area contributed by atoms with Crippen molar-refractivity contribution >= 4 is 5.69 Å². The van der Waals surface area contributed by atoms with Crippen LogP contribution in [0.4, 0.5) is 5.69 Å². The molecule has 2 heterocycles. The third-order valence-corrected chi connectivity index (χ3v) is 2.20. The van der Waals surface area contributed by atoms with E-state index in [0.717, 1.165) is 16.9 Å². The summed E-state index contributed by atoms with van der Waals surface area (Å²) in [5.41, 5.74) is 9.36. The molecule has 0 spiro atoms. The lowest BCUT2D eigenvalue weighted by Crippen LogP contribution is -1.98. The Kier molecular flexibility index (Phi) is 1.96. The maximum absolute atomic E-state index is 5.72. The summed E-state index contributed by atoms with van der Waals surface area (Å²) in [6.45, 7) is 3.90. The lowest BCUT2D eigenvalue weighted by atomic mass is 10.2. The molecule has 0 radical (unpaired) electrons. The molecule has 0 amide bonds. The van der Waals surface area contributed by atoms with Gasteiger partial charge in [0.1, 0.15) is 0 Å². The zero-order valence-electron chi connectivity index (χ0n) is 8.23. The first-order chi connectivity index (χ1) is 6.68. The first-order valence-electron chi connectivity index (χ1n) is 4.41. The molecule has 14 heavy (non-hydrogen) atoms. The molecule has 2 N–H and O–H groups in total. The van der Waals surface area contributed by atoms with E-state index < -0.39 is 0 Å². The number of nitrogens with two attached hydrogens (primary N) is 1. The predicted molar refractivity (Wildman–Crippen MR) is 55.2 cm³/mol. The summed E-state index contributed by atoms with van der Waals surface area (Å²) in [5, 5.41) is 4.29. The molecule has 2 aromatic rings. The van der Waals surface area contributed by atoms with Crippen molar-refractivity contribution in [1.29, 1.82) is 0 Å². The van der Waals surface area contributed by atoms with Gasteiger partial charge in [-0.3, -0.25) is 4.98 Å². The summed E-state index contributed by atoms with van der Waals surface area (Å²) < 4.78 is 1.76. The van der Waals surface area contributed by atoms with Crippen LogP contribution in [0.5, 0.6) is 0 Å². The Labute approximate surface area is 82.4 Å². The van der Waals surface area contributed by atoms with Crippen molar-refractivity contribution in [2.75, 3.05) is 5.73 Å². The minimum atomic E-state index is 0.702. The third-order valence-electron chi connectivity index (χ3n) is 2.20. The predicted octanol–water partition coefficient (Wildman–Crippen LogP) is 1.47. The Hall–Kier alpha value is -1.84. The normalized spacial score (nSPS) is 10.4. The molecular formula is C10H12N4. The van der Waals surface area contributed by atoms with Crippen molar-refractivity contribution in [3.05, 3.63) is 35.9 Å². The van der Waals surface area contributed by atoms with Crippen LogP contribution in [0.25, 0.3) is 5.69 Å². The van der Waals surface area contributed by atoms with Crippen LogP contribution in [0.3, 0.4) is 0 Å². The number of pyridine rings is 1. The minimum Gasteiger partial charge on any atom is -0.396 e. The van der Waals surface area contributed by atoms with E-state index in [-0.39, 0.29) is 0 Å². The molecular weight excluding hydrogens is 176 g/mol. The minimum absolute atomic E-state index is 0.702. The first-order valence-corrected chi connectivity index (χ1v) is 4.41. The van der Waals surface area contributed by atoms with Crippen LogP contribution in [0.15, 0.2) is 24.7 Å². The SMILES string of the molecule is Cc1ccncc1-n1cc(N)c(C)n1. The van der Waals surface area contributed by atoms with Crippen molar-refractivity contribution in [3.63, 3.8) is 0 Å². The van der Waals surface area contributed by atoms with Crippen molar-refractivity contribution < 1.29 is 0 Å². The second-order valence-electron chi connectivity index (χ2n) is 3.28. The number of nitrogens with zero attached hydrogens (tertiary/aromatic N) is 3. The van der Waals surface area contributed by atoms with Crippen LogP contribution in [0.2, 0.25) is 0 Å². The summed E-state index contributed by atoms with van der Waals surface area (Å²) in [7, 11) is 0. The molecule has 4 heteroatoms. The lowest BCUT2D eigenvalue weighted by Gasteiger charge is -2.03. The Bertz CT molecular complexity index is 439. The van der Waals surface area contributed by atoms with E-state index in [9.17, 15) is 0 Å². The van der Waals surface area contributed by atoms with Crippen molar-refractivity contribution in [1.82, 2.24) is 14.8 Å². The number of rotatable bonds is 1. The van der Waals surface area contributed by atoms with Gasteiger partial charge in [-0.1, -0.05) is 0 Å². The summed E-state index contributed by atoms with van der Waals surface area (Å²) in [4.78, 5) is 4.06. The topological polar surface area (TPSA) is 56.7 Å². The molecule has 0 unspecified atom stereocenters. The molecule has 0 aliphatic carbocycles. The van der Waals surface area contributed by atoms with E-state index in [1.165, 1.54) is 0 Å². The Morgan fingerprint density at radius 1 is 1.36 bits per heavy atom. The second-order valence-corrected chi connectivity index (χ2v) is 3.28. The van der Waals surface area contributed by atoms with Gasteiger partial charge in [0.15, 0.2) is 0 Å². The fraction of sp³-hybridized carbons (Fsp3) is 0.200. The summed E-state index contributed by atoms with van der Waals surface area (Å²) in [5.74, 6) is 0. The van der Waals surface area contributed by atoms with E-state index in [2.05, 4.69) is 10.1 Å². The zero-order valence-corrected chi connectivity index (χ0v) is 8.23. The summed E-state index contributed by atoms with van der Waals surface area (Å²) in [6.07, 6.45) is 5.35. The first kappa shape index (κ1) is 8.74. The van der Waals surface area contributed by atoms with E-state index in [4.69, 9.17) is 5.73 Å².